The molecular weight excluding hydrogens is 366 g/mol. The number of hydrogen-bond donors (Lipinski definition) is 0. The molecule has 0 fully saturated rings. The minimum Gasteiger partial charge on any atom is -0.264 e. The standard InChI is InChI=1S/C20H15NO3S2/c1-14-10-12-15(13-11-14)26(22,23)24-21-20-16-6-2-4-8-18(16)25-19-9-5-3-7-17(19)20/h2-13H,1H3. The van der Waals surface area contributed by atoms with Crippen molar-refractivity contribution >= 4 is 41.6 Å². The largest absolute Gasteiger partial charge is 0.358 e. The van der Waals surface area contributed by atoms with Gasteiger partial charge in [0.25, 0.3) is 0 Å². The van der Waals surface area contributed by atoms with Crippen LogP contribution in [0.1, 0.15) is 5.56 Å². The molecule has 3 aromatic carbocycles. The summed E-state index contributed by atoms with van der Waals surface area (Å²) in [7, 11) is -3.98. The molecule has 0 amide bonds. The van der Waals surface area contributed by atoms with Gasteiger partial charge in [-0.05, 0) is 31.2 Å². The fraction of sp³-hybridized carbons (Fsp3) is 0.0500. The zero-order valence-electron chi connectivity index (χ0n) is 13.9. The van der Waals surface area contributed by atoms with Crippen LogP contribution in [0.5, 0.6) is 0 Å². The molecule has 1 heterocycles. The lowest BCUT2D eigenvalue weighted by Crippen LogP contribution is -2.09. The first-order valence-electron chi connectivity index (χ1n) is 7.99. The Morgan fingerprint density at radius 3 is 1.92 bits per heavy atom. The van der Waals surface area contributed by atoms with E-state index in [2.05, 4.69) is 5.16 Å². The van der Waals surface area contributed by atoms with Gasteiger partial charge in [0.15, 0.2) is 0 Å². The molecule has 26 heavy (non-hydrogen) atoms. The van der Waals surface area contributed by atoms with E-state index in [1.807, 2.05) is 55.5 Å². The molecule has 0 unspecified atom stereocenters. The maximum absolute atomic E-state index is 12.5. The van der Waals surface area contributed by atoms with E-state index < -0.39 is 10.1 Å². The molecule has 130 valence electrons. The predicted octanol–water partition coefficient (Wildman–Crippen LogP) is 4.58. The molecule has 0 N–H and O–H groups in total. The van der Waals surface area contributed by atoms with Crippen molar-refractivity contribution in [1.29, 1.82) is 0 Å². The number of benzene rings is 3. The van der Waals surface area contributed by atoms with Crippen molar-refractivity contribution in [3.8, 4) is 0 Å². The minimum atomic E-state index is -3.98. The van der Waals surface area contributed by atoms with Crippen molar-refractivity contribution in [2.75, 3.05) is 0 Å². The van der Waals surface area contributed by atoms with Crippen molar-refractivity contribution in [3.63, 3.8) is 0 Å². The third kappa shape index (κ3) is 3.09. The first-order chi connectivity index (χ1) is 12.5. The molecule has 4 aromatic rings. The number of hydrogen-bond acceptors (Lipinski definition) is 5. The normalized spacial score (nSPS) is 11.6. The summed E-state index contributed by atoms with van der Waals surface area (Å²) in [5, 5.41) is 6.28. The SMILES string of the molecule is Cc1ccc(S(=O)(=O)ON=c2c3ccccc3sc3ccccc23)cc1. The Morgan fingerprint density at radius 1 is 0.808 bits per heavy atom. The molecular formula is C20H15NO3S2. The third-order valence-corrected chi connectivity index (χ3v) is 6.31. The topological polar surface area (TPSA) is 55.7 Å². The fourth-order valence-electron chi connectivity index (χ4n) is 2.70. The summed E-state index contributed by atoms with van der Waals surface area (Å²) in [5.41, 5.74) is 0.974. The van der Waals surface area contributed by atoms with Gasteiger partial charge in [0.05, 0.1) is 0 Å². The molecule has 1 aromatic heterocycles. The fourth-order valence-corrected chi connectivity index (χ4v) is 4.51. The summed E-state index contributed by atoms with van der Waals surface area (Å²) in [4.78, 5) is 0.0826. The van der Waals surface area contributed by atoms with Gasteiger partial charge >= 0.3 is 10.1 Å². The lowest BCUT2D eigenvalue weighted by molar-refractivity contribution is 0.326. The summed E-state index contributed by atoms with van der Waals surface area (Å²) in [6.45, 7) is 1.89. The Labute approximate surface area is 155 Å². The number of rotatable bonds is 3. The molecule has 4 nitrogen and oxygen atoms in total. The molecule has 0 bridgehead atoms. The van der Waals surface area contributed by atoms with Crippen LogP contribution in [0, 0.1) is 6.92 Å². The average Bonchev–Trinajstić information content (AvgIpc) is 2.65. The molecule has 0 spiro atoms. The van der Waals surface area contributed by atoms with Crippen molar-refractivity contribution in [1.82, 2.24) is 0 Å². The van der Waals surface area contributed by atoms with E-state index in [0.29, 0.717) is 5.36 Å². The Kier molecular flexibility index (Phi) is 4.22. The molecule has 0 aliphatic carbocycles. The van der Waals surface area contributed by atoms with E-state index in [4.69, 9.17) is 4.28 Å². The van der Waals surface area contributed by atoms with Gasteiger partial charge in [0.1, 0.15) is 10.3 Å². The van der Waals surface area contributed by atoms with Crippen LogP contribution in [0.4, 0.5) is 0 Å². The third-order valence-electron chi connectivity index (χ3n) is 4.04. The van der Waals surface area contributed by atoms with Crippen LogP contribution in [0.2, 0.25) is 0 Å². The van der Waals surface area contributed by atoms with Gasteiger partial charge in [-0.1, -0.05) is 59.3 Å². The monoisotopic (exact) mass is 381 g/mol. The lowest BCUT2D eigenvalue weighted by Gasteiger charge is -2.05. The van der Waals surface area contributed by atoms with Crippen LogP contribution in [-0.4, -0.2) is 8.42 Å². The van der Waals surface area contributed by atoms with Crippen LogP contribution >= 0.6 is 11.3 Å². The molecule has 0 aliphatic rings. The van der Waals surface area contributed by atoms with E-state index >= 15 is 0 Å². The van der Waals surface area contributed by atoms with Gasteiger partial charge in [0, 0.05) is 20.2 Å². The van der Waals surface area contributed by atoms with Crippen molar-refractivity contribution < 1.29 is 12.7 Å². The maximum atomic E-state index is 12.5. The second-order valence-electron chi connectivity index (χ2n) is 5.88. The highest BCUT2D eigenvalue weighted by atomic mass is 32.2. The van der Waals surface area contributed by atoms with E-state index in [1.54, 1.807) is 23.5 Å². The van der Waals surface area contributed by atoms with Crippen LogP contribution < -0.4 is 5.36 Å². The predicted molar refractivity (Wildman–Crippen MR) is 104 cm³/mol. The van der Waals surface area contributed by atoms with Gasteiger partial charge in [-0.15, -0.1) is 11.3 Å². The van der Waals surface area contributed by atoms with Crippen molar-refractivity contribution in [3.05, 3.63) is 83.7 Å². The highest BCUT2D eigenvalue weighted by molar-refractivity contribution is 7.86. The summed E-state index contributed by atoms with van der Waals surface area (Å²) in [5.74, 6) is 0. The number of fused-ring (bicyclic) bond motifs is 2. The van der Waals surface area contributed by atoms with E-state index in [0.717, 1.165) is 25.7 Å². The molecule has 6 heteroatoms. The van der Waals surface area contributed by atoms with Crippen LogP contribution in [-0.2, 0) is 14.4 Å². The second kappa shape index (κ2) is 6.55. The quantitative estimate of drug-likeness (QED) is 0.385. The van der Waals surface area contributed by atoms with Gasteiger partial charge in [0.2, 0.25) is 0 Å². The van der Waals surface area contributed by atoms with Crippen LogP contribution in [0.3, 0.4) is 0 Å². The van der Waals surface area contributed by atoms with E-state index in [1.165, 1.54) is 12.1 Å². The van der Waals surface area contributed by atoms with Gasteiger partial charge in [-0.2, -0.15) is 8.42 Å². The zero-order valence-corrected chi connectivity index (χ0v) is 15.5. The molecule has 0 radical (unpaired) electrons. The number of nitrogens with zero attached hydrogens (tertiary/aromatic N) is 1. The molecule has 0 saturated carbocycles. The zero-order chi connectivity index (χ0) is 18.1. The first kappa shape index (κ1) is 16.8. The van der Waals surface area contributed by atoms with Crippen molar-refractivity contribution in [2.24, 2.45) is 5.16 Å². The summed E-state index contributed by atoms with van der Waals surface area (Å²) >= 11 is 1.63. The highest BCUT2D eigenvalue weighted by Gasteiger charge is 2.15. The minimum absolute atomic E-state index is 0.0826. The molecule has 0 atom stereocenters. The summed E-state index contributed by atoms with van der Waals surface area (Å²) < 4.78 is 32.0. The Balaban J connectivity index is 1.90. The van der Waals surface area contributed by atoms with Crippen LogP contribution in [0.25, 0.3) is 20.2 Å². The first-order valence-corrected chi connectivity index (χ1v) is 10.2. The van der Waals surface area contributed by atoms with E-state index in [-0.39, 0.29) is 4.90 Å². The maximum Gasteiger partial charge on any atom is 0.358 e. The Morgan fingerprint density at radius 2 is 1.35 bits per heavy atom. The van der Waals surface area contributed by atoms with Crippen LogP contribution in [0.15, 0.2) is 82.8 Å². The average molecular weight is 381 g/mol. The lowest BCUT2D eigenvalue weighted by atomic mass is 10.2. The Hall–Kier alpha value is -2.70. The summed E-state index contributed by atoms with van der Waals surface area (Å²) in [6, 6.07) is 22.0. The second-order valence-corrected chi connectivity index (χ2v) is 8.49. The molecule has 4 rings (SSSR count). The highest BCUT2D eigenvalue weighted by Crippen LogP contribution is 2.24. The molecule has 0 saturated heterocycles. The van der Waals surface area contributed by atoms with Crippen molar-refractivity contribution in [2.45, 2.75) is 11.8 Å². The van der Waals surface area contributed by atoms with Gasteiger partial charge in [-0.3, -0.25) is 4.28 Å². The van der Waals surface area contributed by atoms with Gasteiger partial charge < -0.3 is 0 Å². The smallest absolute Gasteiger partial charge is 0.264 e. The Bertz CT molecular complexity index is 1220. The number of aryl methyl sites for hydroxylation is 1. The summed E-state index contributed by atoms with van der Waals surface area (Å²) in [6.07, 6.45) is 0. The van der Waals surface area contributed by atoms with Gasteiger partial charge in [-0.25, -0.2) is 0 Å². The van der Waals surface area contributed by atoms with E-state index in [9.17, 15) is 8.42 Å². The molecule has 0 aliphatic heterocycles.